The summed E-state index contributed by atoms with van der Waals surface area (Å²) in [6.45, 7) is 10.0. The number of carbonyl (C=O) groups is 2. The van der Waals surface area contributed by atoms with Gasteiger partial charge in [-0.3, -0.25) is 14.5 Å². The molecule has 1 unspecified atom stereocenters. The molecule has 7 nitrogen and oxygen atoms in total. The fourth-order valence-corrected chi connectivity index (χ4v) is 6.39. The van der Waals surface area contributed by atoms with Crippen LogP contribution in [0.2, 0.25) is 0 Å². The quantitative estimate of drug-likeness (QED) is 0.254. The van der Waals surface area contributed by atoms with Crippen molar-refractivity contribution in [2.75, 3.05) is 39.5 Å². The number of morpholine rings is 1. The summed E-state index contributed by atoms with van der Waals surface area (Å²) in [6.07, 6.45) is 5.29. The molecule has 0 spiro atoms. The molecule has 224 valence electrons. The van der Waals surface area contributed by atoms with Crippen LogP contribution in [-0.4, -0.2) is 67.3 Å². The Morgan fingerprint density at radius 1 is 1.00 bits per heavy atom. The topological polar surface area (TPSA) is 85.3 Å². The second-order valence-electron chi connectivity index (χ2n) is 11.7. The standard InChI is InChI=1S/C34H47NO6/c1-4-40-31-20-27(21-32(25(31)3)41-5-2)19-28(14-10-9-13-26-11-7-6-8-12-26)30(36)24-34(33(37)38)22-29(23-34)35-15-17-39-18-16-35/h6-8,11-12,20-21,28-29H,4-5,9-10,13-19,22-24H2,1-3H3,(H,37,38). The molecular weight excluding hydrogens is 518 g/mol. The second kappa shape index (κ2) is 14.8. The Hall–Kier alpha value is -2.90. The van der Waals surface area contributed by atoms with Crippen LogP contribution in [0.5, 0.6) is 11.5 Å². The number of carboxylic acids is 1. The van der Waals surface area contributed by atoms with Gasteiger partial charge in [0, 0.05) is 37.0 Å². The van der Waals surface area contributed by atoms with Gasteiger partial charge in [0.25, 0.3) is 0 Å². The Kier molecular flexibility index (Phi) is 11.2. The summed E-state index contributed by atoms with van der Waals surface area (Å²) in [5, 5.41) is 10.3. The van der Waals surface area contributed by atoms with Gasteiger partial charge < -0.3 is 19.3 Å². The van der Waals surface area contributed by atoms with Gasteiger partial charge in [0.1, 0.15) is 17.3 Å². The molecule has 1 aliphatic carbocycles. The molecule has 0 bridgehead atoms. The third-order valence-corrected chi connectivity index (χ3v) is 8.80. The van der Waals surface area contributed by atoms with E-state index in [9.17, 15) is 14.7 Å². The van der Waals surface area contributed by atoms with Gasteiger partial charge in [0.05, 0.1) is 31.8 Å². The minimum atomic E-state index is -0.970. The van der Waals surface area contributed by atoms with Crippen LogP contribution in [0.4, 0.5) is 0 Å². The van der Waals surface area contributed by atoms with E-state index in [1.165, 1.54) is 5.56 Å². The summed E-state index contributed by atoms with van der Waals surface area (Å²) >= 11 is 0. The van der Waals surface area contributed by atoms with Crippen molar-refractivity contribution in [1.29, 1.82) is 0 Å². The molecule has 2 fully saturated rings. The van der Waals surface area contributed by atoms with Gasteiger partial charge >= 0.3 is 5.97 Å². The van der Waals surface area contributed by atoms with Gasteiger partial charge in [0.2, 0.25) is 0 Å². The predicted molar refractivity (Wildman–Crippen MR) is 160 cm³/mol. The number of hydrogen-bond donors (Lipinski definition) is 1. The number of aliphatic carboxylic acids is 1. The SMILES string of the molecule is CCOc1cc(CC(CCCCc2ccccc2)C(=O)CC2(C(=O)O)CC(N3CCOCC3)C2)cc(OCC)c1C. The number of nitrogens with zero attached hydrogens (tertiary/aromatic N) is 1. The van der Waals surface area contributed by atoms with E-state index >= 15 is 0 Å². The van der Waals surface area contributed by atoms with Crippen molar-refractivity contribution >= 4 is 11.8 Å². The number of unbranched alkanes of at least 4 members (excludes halogenated alkanes) is 1. The predicted octanol–water partition coefficient (Wildman–Crippen LogP) is 5.89. The molecular formula is C34H47NO6. The van der Waals surface area contributed by atoms with Gasteiger partial charge in [-0.1, -0.05) is 36.8 Å². The highest BCUT2D eigenvalue weighted by molar-refractivity contribution is 5.88. The summed E-state index contributed by atoms with van der Waals surface area (Å²) in [5.41, 5.74) is 2.28. The minimum absolute atomic E-state index is 0.0593. The van der Waals surface area contributed by atoms with Crippen molar-refractivity contribution in [3.8, 4) is 11.5 Å². The van der Waals surface area contributed by atoms with Crippen LogP contribution in [-0.2, 0) is 27.2 Å². The lowest BCUT2D eigenvalue weighted by atomic mass is 9.61. The van der Waals surface area contributed by atoms with Crippen LogP contribution < -0.4 is 9.47 Å². The summed E-state index contributed by atoms with van der Waals surface area (Å²) in [6, 6.07) is 14.7. The third kappa shape index (κ3) is 8.10. The Balaban J connectivity index is 1.48. The monoisotopic (exact) mass is 565 g/mol. The summed E-state index contributed by atoms with van der Waals surface area (Å²) in [4.78, 5) is 28.8. The van der Waals surface area contributed by atoms with Crippen LogP contribution in [0.25, 0.3) is 0 Å². The first-order chi connectivity index (χ1) is 19.8. The molecule has 0 aromatic heterocycles. The number of aryl methyl sites for hydroxylation is 1. The molecule has 2 aromatic carbocycles. The summed E-state index contributed by atoms with van der Waals surface area (Å²) < 4.78 is 17.3. The number of ketones is 1. The highest BCUT2D eigenvalue weighted by Crippen LogP contribution is 2.48. The molecule has 2 aliphatic rings. The zero-order valence-corrected chi connectivity index (χ0v) is 25.0. The molecule has 1 saturated carbocycles. The van der Waals surface area contributed by atoms with Gasteiger partial charge in [-0.15, -0.1) is 0 Å². The van der Waals surface area contributed by atoms with Crippen molar-refractivity contribution in [2.24, 2.45) is 11.3 Å². The molecule has 1 saturated heterocycles. The van der Waals surface area contributed by atoms with E-state index in [2.05, 4.69) is 29.2 Å². The number of ether oxygens (including phenoxy) is 3. The molecule has 1 N–H and O–H groups in total. The Bertz CT molecular complexity index is 1110. The Morgan fingerprint density at radius 2 is 1.63 bits per heavy atom. The normalized spacial score (nSPS) is 21.6. The van der Waals surface area contributed by atoms with Gasteiger partial charge in [-0.25, -0.2) is 0 Å². The van der Waals surface area contributed by atoms with E-state index in [-0.39, 0.29) is 24.2 Å². The van der Waals surface area contributed by atoms with E-state index in [1.807, 2.05) is 39.0 Å². The highest BCUT2D eigenvalue weighted by atomic mass is 16.5. The van der Waals surface area contributed by atoms with Crippen LogP contribution >= 0.6 is 0 Å². The summed E-state index contributed by atoms with van der Waals surface area (Å²) in [5.74, 6) is 0.516. The Labute approximate surface area is 245 Å². The maximum atomic E-state index is 13.9. The number of Topliss-reactive ketones (excluding diaryl/α,β-unsaturated/α-hetero) is 1. The summed E-state index contributed by atoms with van der Waals surface area (Å²) in [7, 11) is 0. The van der Waals surface area contributed by atoms with Crippen molar-refractivity contribution in [3.63, 3.8) is 0 Å². The van der Waals surface area contributed by atoms with E-state index in [1.54, 1.807) is 0 Å². The fraction of sp³-hybridized carbons (Fsp3) is 0.588. The number of hydrogen-bond acceptors (Lipinski definition) is 6. The molecule has 41 heavy (non-hydrogen) atoms. The first-order valence-corrected chi connectivity index (χ1v) is 15.4. The van der Waals surface area contributed by atoms with Crippen LogP contribution in [0.15, 0.2) is 42.5 Å². The number of benzene rings is 2. The smallest absolute Gasteiger partial charge is 0.310 e. The zero-order chi connectivity index (χ0) is 29.2. The second-order valence-corrected chi connectivity index (χ2v) is 11.7. The van der Waals surface area contributed by atoms with Gasteiger partial charge in [-0.05, 0) is 82.6 Å². The van der Waals surface area contributed by atoms with Gasteiger partial charge in [-0.2, -0.15) is 0 Å². The first-order valence-electron chi connectivity index (χ1n) is 15.4. The molecule has 1 atom stereocenters. The largest absolute Gasteiger partial charge is 0.493 e. The molecule has 1 aliphatic heterocycles. The van der Waals surface area contributed by atoms with Crippen molar-refractivity contribution < 1.29 is 28.9 Å². The lowest BCUT2D eigenvalue weighted by Gasteiger charge is -2.50. The molecule has 1 heterocycles. The first kappa shape index (κ1) is 31.0. The molecule has 0 amide bonds. The molecule has 0 radical (unpaired) electrons. The van der Waals surface area contributed by atoms with Gasteiger partial charge in [0.15, 0.2) is 0 Å². The molecule has 7 heteroatoms. The number of rotatable bonds is 16. The maximum Gasteiger partial charge on any atom is 0.310 e. The van der Waals surface area contributed by atoms with E-state index < -0.39 is 11.4 Å². The average Bonchev–Trinajstić information content (AvgIpc) is 2.95. The van der Waals surface area contributed by atoms with Crippen molar-refractivity contribution in [1.82, 2.24) is 4.90 Å². The van der Waals surface area contributed by atoms with Crippen LogP contribution in [0, 0.1) is 18.3 Å². The number of carboxylic acid groups (broad SMARTS) is 1. The molecule has 2 aromatic rings. The fourth-order valence-electron chi connectivity index (χ4n) is 6.39. The van der Waals surface area contributed by atoms with Crippen molar-refractivity contribution in [2.45, 2.75) is 78.2 Å². The Morgan fingerprint density at radius 3 is 2.22 bits per heavy atom. The van der Waals surface area contributed by atoms with E-state index in [0.717, 1.165) is 61.4 Å². The highest BCUT2D eigenvalue weighted by Gasteiger charge is 2.53. The zero-order valence-electron chi connectivity index (χ0n) is 25.0. The average molecular weight is 566 g/mol. The maximum absolute atomic E-state index is 13.9. The van der Waals surface area contributed by atoms with Crippen LogP contribution in [0.1, 0.15) is 69.1 Å². The van der Waals surface area contributed by atoms with E-state index in [0.29, 0.717) is 45.7 Å². The lowest BCUT2D eigenvalue weighted by Crippen LogP contribution is -2.57. The minimum Gasteiger partial charge on any atom is -0.493 e. The lowest BCUT2D eigenvalue weighted by molar-refractivity contribution is -0.164. The number of carbonyl (C=O) groups excluding carboxylic acids is 1. The molecule has 4 rings (SSSR count). The van der Waals surface area contributed by atoms with Crippen molar-refractivity contribution in [3.05, 3.63) is 59.2 Å². The van der Waals surface area contributed by atoms with Crippen LogP contribution in [0.3, 0.4) is 0 Å². The van der Waals surface area contributed by atoms with E-state index in [4.69, 9.17) is 14.2 Å². The third-order valence-electron chi connectivity index (χ3n) is 8.80.